The highest BCUT2D eigenvalue weighted by molar-refractivity contribution is 5.92. The lowest BCUT2D eigenvalue weighted by molar-refractivity contribution is -0.127. The number of likely N-dealkylation sites (tertiary alicyclic amines) is 2. The van der Waals surface area contributed by atoms with Crippen LogP contribution in [0.15, 0.2) is 42.5 Å². The van der Waals surface area contributed by atoms with Crippen LogP contribution in [0.2, 0.25) is 0 Å². The zero-order valence-electron chi connectivity index (χ0n) is 31.3. The number of halogens is 2. The van der Waals surface area contributed by atoms with E-state index in [9.17, 15) is 13.6 Å². The van der Waals surface area contributed by atoms with Crippen molar-refractivity contribution in [2.75, 3.05) is 64.9 Å². The van der Waals surface area contributed by atoms with Gasteiger partial charge in [0.15, 0.2) is 0 Å². The lowest BCUT2D eigenvalue weighted by atomic mass is 9.91. The van der Waals surface area contributed by atoms with Gasteiger partial charge in [-0.15, -0.1) is 6.42 Å². The third-order valence-electron chi connectivity index (χ3n) is 12.4. The number of methoxy groups -OCH3 is 2. The number of ether oxygens (including phenoxy) is 3. The zero-order valence-corrected chi connectivity index (χ0v) is 31.3. The van der Waals surface area contributed by atoms with Gasteiger partial charge >= 0.3 is 6.01 Å². The van der Waals surface area contributed by atoms with Gasteiger partial charge in [0.25, 0.3) is 0 Å². The number of benzene rings is 2. The number of hydrogen-bond donors (Lipinski definition) is 0. The predicted molar refractivity (Wildman–Crippen MR) is 203 cm³/mol. The van der Waals surface area contributed by atoms with E-state index < -0.39 is 12.0 Å². The number of nitrogens with zero attached hydrogens (tertiary/aromatic N) is 6. The molecule has 0 spiro atoms. The SMILES string of the molecule is C#Cc1c(F)ccc2cccc(C3Cc4nc(OC)nc(N5CC6C5CCN6C(=O)/C=C/CN5CCC(OC)CC5)c4CO3)c12.FC1CC2CCCN2C1. The highest BCUT2D eigenvalue weighted by Crippen LogP contribution is 2.42. The first-order valence-electron chi connectivity index (χ1n) is 19.4. The maximum Gasteiger partial charge on any atom is 0.318 e. The second-order valence-electron chi connectivity index (χ2n) is 15.3. The van der Waals surface area contributed by atoms with E-state index in [2.05, 4.69) is 20.6 Å². The smallest absolute Gasteiger partial charge is 0.318 e. The van der Waals surface area contributed by atoms with Crippen LogP contribution in [0.1, 0.15) is 67.0 Å². The van der Waals surface area contributed by atoms with Crippen molar-refractivity contribution in [1.82, 2.24) is 24.7 Å². The summed E-state index contributed by atoms with van der Waals surface area (Å²) in [5, 5.41) is 1.56. The van der Waals surface area contributed by atoms with Gasteiger partial charge in [-0.3, -0.25) is 14.6 Å². The average molecular weight is 741 g/mol. The van der Waals surface area contributed by atoms with E-state index in [4.69, 9.17) is 30.6 Å². The number of anilines is 1. The summed E-state index contributed by atoms with van der Waals surface area (Å²) in [6.07, 6.45) is 15.7. The van der Waals surface area contributed by atoms with Crippen molar-refractivity contribution in [1.29, 1.82) is 0 Å². The largest absolute Gasteiger partial charge is 0.467 e. The van der Waals surface area contributed by atoms with Crippen molar-refractivity contribution in [2.24, 2.45) is 0 Å². The van der Waals surface area contributed by atoms with E-state index >= 15 is 0 Å². The Kier molecular flexibility index (Phi) is 10.8. The van der Waals surface area contributed by atoms with Crippen LogP contribution in [0.5, 0.6) is 6.01 Å². The Morgan fingerprint density at radius 3 is 2.69 bits per heavy atom. The third kappa shape index (κ3) is 7.19. The minimum atomic E-state index is -0.518. The fraction of sp³-hybridized carbons (Fsp3) is 0.548. The molecule has 6 aliphatic rings. The highest BCUT2D eigenvalue weighted by atomic mass is 19.1. The summed E-state index contributed by atoms with van der Waals surface area (Å²) >= 11 is 0. The molecule has 6 aliphatic heterocycles. The number of hydrogen-bond acceptors (Lipinski definition) is 9. The van der Waals surface area contributed by atoms with Crippen LogP contribution in [-0.4, -0.2) is 121 Å². The molecule has 9 rings (SSSR count). The second-order valence-corrected chi connectivity index (χ2v) is 15.3. The molecule has 1 amide bonds. The van der Waals surface area contributed by atoms with Gasteiger partial charge in [-0.25, -0.2) is 8.78 Å². The molecule has 0 aliphatic carbocycles. The van der Waals surface area contributed by atoms with Crippen LogP contribution in [0.25, 0.3) is 10.8 Å². The molecule has 0 radical (unpaired) electrons. The quantitative estimate of drug-likeness (QED) is 0.239. The molecule has 54 heavy (non-hydrogen) atoms. The van der Waals surface area contributed by atoms with Gasteiger partial charge in [0.05, 0.1) is 49.3 Å². The molecule has 5 saturated heterocycles. The molecule has 286 valence electrons. The monoisotopic (exact) mass is 740 g/mol. The van der Waals surface area contributed by atoms with Gasteiger partial charge in [0.1, 0.15) is 17.8 Å². The van der Waals surface area contributed by atoms with Crippen molar-refractivity contribution in [3.05, 3.63) is 70.7 Å². The Hall–Kier alpha value is -4.15. The molecule has 3 aromatic rings. The Labute approximate surface area is 316 Å². The number of carbonyl (C=O) groups excluding carboxylic acids is 1. The molecule has 12 heteroatoms. The molecule has 2 aromatic carbocycles. The summed E-state index contributed by atoms with van der Waals surface area (Å²) < 4.78 is 44.7. The number of piperidine rings is 1. The van der Waals surface area contributed by atoms with Crippen LogP contribution >= 0.6 is 0 Å². The lowest BCUT2D eigenvalue weighted by Crippen LogP contribution is -2.63. The molecule has 0 saturated carbocycles. The highest BCUT2D eigenvalue weighted by Gasteiger charge is 2.50. The normalized spacial score (nSPS) is 26.9. The van der Waals surface area contributed by atoms with E-state index in [0.717, 1.165) is 79.9 Å². The summed E-state index contributed by atoms with van der Waals surface area (Å²) in [6.45, 7) is 6.33. The zero-order chi connectivity index (χ0) is 37.3. The van der Waals surface area contributed by atoms with Crippen molar-refractivity contribution in [3.8, 4) is 18.4 Å². The van der Waals surface area contributed by atoms with E-state index in [1.165, 1.54) is 18.9 Å². The van der Waals surface area contributed by atoms with Crippen molar-refractivity contribution < 1.29 is 27.8 Å². The maximum atomic E-state index is 14.7. The Morgan fingerprint density at radius 2 is 1.91 bits per heavy atom. The van der Waals surface area contributed by atoms with Gasteiger partial charge in [0.2, 0.25) is 5.91 Å². The molecule has 5 atom stereocenters. The summed E-state index contributed by atoms with van der Waals surface area (Å²) in [4.78, 5) is 31.5. The predicted octanol–water partition coefficient (Wildman–Crippen LogP) is 5.22. The first-order chi connectivity index (χ1) is 26.3. The summed E-state index contributed by atoms with van der Waals surface area (Å²) in [5.41, 5.74) is 2.85. The second kappa shape index (κ2) is 15.9. The number of alkyl halides is 1. The Balaban J connectivity index is 0.000000399. The number of carbonyl (C=O) groups is 1. The number of rotatable bonds is 7. The lowest BCUT2D eigenvalue weighted by Gasteiger charge is -2.48. The average Bonchev–Trinajstić information content (AvgIpc) is 3.87. The minimum Gasteiger partial charge on any atom is -0.467 e. The molecule has 1 aromatic heterocycles. The van der Waals surface area contributed by atoms with Crippen molar-refractivity contribution >= 4 is 22.5 Å². The third-order valence-corrected chi connectivity index (χ3v) is 12.4. The fourth-order valence-electron chi connectivity index (χ4n) is 9.44. The van der Waals surface area contributed by atoms with Gasteiger partial charge < -0.3 is 24.0 Å². The standard InChI is InChI=1S/C35H38FN5O4.C7H12FN/c1-4-24-27(36)11-10-22-7-5-8-25(33(22)24)31-19-28-26(21-45-31)34(38-35(37-28)44-3)41-20-30-29(41)14-18-40(30)32(42)9-6-15-39-16-12-23(43-2)13-17-39;8-6-4-7-2-1-3-9(7)5-6/h1,5-11,23,29-31H,12-21H2,2-3H3;6-7H,1-5H2/b9-6+;. The summed E-state index contributed by atoms with van der Waals surface area (Å²) in [7, 11) is 3.34. The number of fused-ring (bicyclic) bond motifs is 4. The van der Waals surface area contributed by atoms with Gasteiger partial charge in [-0.1, -0.05) is 36.3 Å². The fourth-order valence-corrected chi connectivity index (χ4v) is 9.44. The van der Waals surface area contributed by atoms with E-state index in [1.807, 2.05) is 29.2 Å². The van der Waals surface area contributed by atoms with E-state index in [0.29, 0.717) is 56.2 Å². The first-order valence-corrected chi connectivity index (χ1v) is 19.4. The van der Waals surface area contributed by atoms with Gasteiger partial charge in [0, 0.05) is 75.9 Å². The molecule has 5 fully saturated rings. The molecule has 0 N–H and O–H groups in total. The molecule has 5 unspecified atom stereocenters. The van der Waals surface area contributed by atoms with Crippen molar-refractivity contribution in [3.63, 3.8) is 0 Å². The van der Waals surface area contributed by atoms with Crippen LogP contribution in [0.4, 0.5) is 14.6 Å². The Bertz CT molecular complexity index is 1920. The molecular formula is C42H50F2N6O4. The van der Waals surface area contributed by atoms with Crippen LogP contribution in [0.3, 0.4) is 0 Å². The topological polar surface area (TPSA) is 83.5 Å². The van der Waals surface area contributed by atoms with E-state index in [-0.39, 0.29) is 29.7 Å². The summed E-state index contributed by atoms with van der Waals surface area (Å²) in [5.74, 6) is 2.98. The summed E-state index contributed by atoms with van der Waals surface area (Å²) in [6, 6.07) is 10.2. The van der Waals surface area contributed by atoms with Crippen LogP contribution in [0, 0.1) is 18.2 Å². The van der Waals surface area contributed by atoms with Gasteiger partial charge in [-0.2, -0.15) is 9.97 Å². The number of amides is 1. The molecule has 0 bridgehead atoms. The molecular weight excluding hydrogens is 690 g/mol. The number of aromatic nitrogens is 2. The maximum absolute atomic E-state index is 14.7. The first kappa shape index (κ1) is 36.8. The van der Waals surface area contributed by atoms with Crippen molar-refractivity contribution in [2.45, 2.75) is 88.1 Å². The van der Waals surface area contributed by atoms with Crippen LogP contribution in [-0.2, 0) is 27.3 Å². The van der Waals surface area contributed by atoms with Crippen LogP contribution < -0.4 is 9.64 Å². The Morgan fingerprint density at radius 1 is 1.06 bits per heavy atom. The number of terminal acetylenes is 1. The minimum absolute atomic E-state index is 0.0697. The molecule has 10 nitrogen and oxygen atoms in total. The van der Waals surface area contributed by atoms with Gasteiger partial charge in [-0.05, 0) is 62.1 Å². The van der Waals surface area contributed by atoms with E-state index in [1.54, 1.807) is 26.4 Å². The molecule has 7 heterocycles.